The van der Waals surface area contributed by atoms with Crippen LogP contribution in [0.15, 0.2) is 42.5 Å². The normalized spacial score (nSPS) is 31.1. The van der Waals surface area contributed by atoms with Crippen LogP contribution in [0.5, 0.6) is 5.75 Å². The number of hydrogen-bond acceptors (Lipinski definition) is 3. The lowest BCUT2D eigenvalue weighted by molar-refractivity contribution is -0.00343. The molecule has 146 valence electrons. The van der Waals surface area contributed by atoms with Crippen LogP contribution in [0.4, 0.5) is 8.78 Å². The lowest BCUT2D eigenvalue weighted by atomic mass is 9.75. The van der Waals surface area contributed by atoms with E-state index in [-0.39, 0.29) is 35.2 Å². The van der Waals surface area contributed by atoms with Crippen molar-refractivity contribution in [2.45, 2.75) is 30.8 Å². The molecular weight excluding hydrogens is 362 g/mol. The Morgan fingerprint density at radius 2 is 1.79 bits per heavy atom. The standard InChI is InChI=1S/C22H22F2N2O2/c23-18-5-4-15(11-19(18)24)22(28)26-12-17(14-2-1-3-16(27)10-14)21-20(26)13-6-8-25(21)9-7-13/h1-5,10-11,13,17,20-21,27H,6-9,12H2/t17-,20+,21+/m0/s1. The third-order valence-electron chi connectivity index (χ3n) is 6.72. The second kappa shape index (κ2) is 6.55. The number of phenolic OH excluding ortho intramolecular Hbond substituents is 1. The summed E-state index contributed by atoms with van der Waals surface area (Å²) in [4.78, 5) is 17.6. The second-order valence-corrected chi connectivity index (χ2v) is 8.14. The molecule has 2 aromatic carbocycles. The number of aromatic hydroxyl groups is 1. The van der Waals surface area contributed by atoms with E-state index < -0.39 is 11.6 Å². The molecule has 6 rings (SSSR count). The molecule has 1 amide bonds. The number of halogens is 2. The first kappa shape index (κ1) is 17.6. The first-order valence-electron chi connectivity index (χ1n) is 9.82. The molecular formula is C22H22F2N2O2. The van der Waals surface area contributed by atoms with E-state index in [9.17, 15) is 18.7 Å². The van der Waals surface area contributed by atoms with Gasteiger partial charge in [-0.1, -0.05) is 12.1 Å². The highest BCUT2D eigenvalue weighted by Crippen LogP contribution is 2.47. The third kappa shape index (κ3) is 2.70. The number of hydrogen-bond donors (Lipinski definition) is 1. The summed E-state index contributed by atoms with van der Waals surface area (Å²) in [7, 11) is 0. The Kier molecular flexibility index (Phi) is 4.12. The van der Waals surface area contributed by atoms with E-state index in [1.165, 1.54) is 6.07 Å². The maximum Gasteiger partial charge on any atom is 0.254 e. The van der Waals surface area contributed by atoms with E-state index in [1.54, 1.807) is 12.1 Å². The highest BCUT2D eigenvalue weighted by Gasteiger charge is 2.54. The van der Waals surface area contributed by atoms with Crippen LogP contribution in [-0.2, 0) is 0 Å². The number of carbonyl (C=O) groups excluding carboxylic acids is 1. The molecule has 4 saturated heterocycles. The summed E-state index contributed by atoms with van der Waals surface area (Å²) in [6, 6.07) is 10.9. The van der Waals surface area contributed by atoms with Gasteiger partial charge in [0.15, 0.2) is 11.6 Å². The Labute approximate surface area is 162 Å². The molecule has 0 radical (unpaired) electrons. The van der Waals surface area contributed by atoms with Crippen LogP contribution in [0.1, 0.15) is 34.7 Å². The minimum atomic E-state index is -1.000. The van der Waals surface area contributed by atoms with Crippen LogP contribution >= 0.6 is 0 Å². The van der Waals surface area contributed by atoms with Crippen molar-refractivity contribution < 1.29 is 18.7 Å². The Hall–Kier alpha value is -2.47. The molecule has 3 atom stereocenters. The van der Waals surface area contributed by atoms with Crippen LogP contribution < -0.4 is 0 Å². The number of carbonyl (C=O) groups is 1. The number of amides is 1. The lowest BCUT2D eigenvalue weighted by Crippen LogP contribution is -2.60. The summed E-state index contributed by atoms with van der Waals surface area (Å²) in [5.74, 6) is -1.46. The van der Waals surface area contributed by atoms with Crippen molar-refractivity contribution in [3.05, 3.63) is 65.2 Å². The molecule has 0 aliphatic carbocycles. The van der Waals surface area contributed by atoms with Crippen LogP contribution in [-0.4, -0.2) is 52.5 Å². The number of phenols is 1. The van der Waals surface area contributed by atoms with Crippen LogP contribution in [0, 0.1) is 17.6 Å². The molecule has 0 aromatic heterocycles. The summed E-state index contributed by atoms with van der Waals surface area (Å²) in [6.07, 6.45) is 2.10. The van der Waals surface area contributed by atoms with Crippen molar-refractivity contribution in [2.75, 3.05) is 19.6 Å². The lowest BCUT2D eigenvalue weighted by Gasteiger charge is -2.51. The van der Waals surface area contributed by atoms with Gasteiger partial charge in [-0.2, -0.15) is 0 Å². The predicted molar refractivity (Wildman–Crippen MR) is 100 cm³/mol. The molecule has 1 N–H and O–H groups in total. The molecule has 4 aliphatic heterocycles. The quantitative estimate of drug-likeness (QED) is 0.863. The zero-order valence-corrected chi connectivity index (χ0v) is 15.4. The summed E-state index contributed by atoms with van der Waals surface area (Å²) in [6.45, 7) is 2.56. The topological polar surface area (TPSA) is 43.8 Å². The van der Waals surface area contributed by atoms with E-state index in [0.29, 0.717) is 12.5 Å². The summed E-state index contributed by atoms with van der Waals surface area (Å²) in [5.41, 5.74) is 1.20. The largest absolute Gasteiger partial charge is 0.508 e. The Balaban J connectivity index is 1.53. The molecule has 4 nitrogen and oxygen atoms in total. The van der Waals surface area contributed by atoms with Crippen molar-refractivity contribution in [3.63, 3.8) is 0 Å². The highest BCUT2D eigenvalue weighted by molar-refractivity contribution is 5.95. The van der Waals surface area contributed by atoms with Crippen LogP contribution in [0.3, 0.4) is 0 Å². The Morgan fingerprint density at radius 1 is 1.00 bits per heavy atom. The predicted octanol–water partition coefficient (Wildman–Crippen LogP) is 3.37. The van der Waals surface area contributed by atoms with Gasteiger partial charge < -0.3 is 10.0 Å². The number of fused-ring (bicyclic) bond motifs is 2. The molecule has 2 aromatic rings. The first-order valence-corrected chi connectivity index (χ1v) is 9.82. The van der Waals surface area contributed by atoms with Gasteiger partial charge in [0.25, 0.3) is 5.91 Å². The number of likely N-dealkylation sites (tertiary alicyclic amines) is 1. The first-order chi connectivity index (χ1) is 13.5. The molecule has 0 spiro atoms. The molecule has 4 aliphatic rings. The summed E-state index contributed by atoms with van der Waals surface area (Å²) in [5, 5.41) is 9.94. The van der Waals surface area contributed by atoms with Crippen molar-refractivity contribution in [1.82, 2.24) is 9.80 Å². The van der Waals surface area contributed by atoms with Gasteiger partial charge in [0.05, 0.1) is 6.04 Å². The van der Waals surface area contributed by atoms with Gasteiger partial charge in [-0.3, -0.25) is 9.69 Å². The zero-order chi connectivity index (χ0) is 19.4. The van der Waals surface area contributed by atoms with Gasteiger partial charge in [0.2, 0.25) is 0 Å². The Bertz CT molecular complexity index is 927. The molecule has 0 unspecified atom stereocenters. The van der Waals surface area contributed by atoms with E-state index in [4.69, 9.17) is 0 Å². The number of rotatable bonds is 2. The van der Waals surface area contributed by atoms with E-state index >= 15 is 0 Å². The van der Waals surface area contributed by atoms with Crippen molar-refractivity contribution >= 4 is 5.91 Å². The maximum atomic E-state index is 13.7. The fourth-order valence-electron chi connectivity index (χ4n) is 5.50. The number of piperidine rings is 3. The summed E-state index contributed by atoms with van der Waals surface area (Å²) >= 11 is 0. The average molecular weight is 384 g/mol. The van der Waals surface area contributed by atoms with Gasteiger partial charge >= 0.3 is 0 Å². The summed E-state index contributed by atoms with van der Waals surface area (Å²) < 4.78 is 27.0. The molecule has 0 saturated carbocycles. The van der Waals surface area contributed by atoms with Crippen LogP contribution in [0.25, 0.3) is 0 Å². The molecule has 4 heterocycles. The van der Waals surface area contributed by atoms with E-state index in [1.807, 2.05) is 17.0 Å². The minimum Gasteiger partial charge on any atom is -0.508 e. The van der Waals surface area contributed by atoms with Gasteiger partial charge in [-0.25, -0.2) is 8.78 Å². The molecule has 2 bridgehead atoms. The SMILES string of the molecule is O=C(c1ccc(F)c(F)c1)N1C[C@@H](c2cccc(O)c2)[C@@H]2[C@H]1C1CCN2CC1. The van der Waals surface area contributed by atoms with Gasteiger partial charge in [-0.15, -0.1) is 0 Å². The average Bonchev–Trinajstić information content (AvgIpc) is 3.13. The van der Waals surface area contributed by atoms with Gasteiger partial charge in [0, 0.05) is 24.1 Å². The number of nitrogens with zero attached hydrogens (tertiary/aromatic N) is 2. The van der Waals surface area contributed by atoms with Crippen molar-refractivity contribution in [2.24, 2.45) is 5.92 Å². The van der Waals surface area contributed by atoms with Gasteiger partial charge in [0.1, 0.15) is 5.75 Å². The number of benzene rings is 2. The third-order valence-corrected chi connectivity index (χ3v) is 6.72. The monoisotopic (exact) mass is 384 g/mol. The highest BCUT2D eigenvalue weighted by atomic mass is 19.2. The van der Waals surface area contributed by atoms with Gasteiger partial charge in [-0.05, 0) is 67.7 Å². The fraction of sp³-hybridized carbons (Fsp3) is 0.409. The molecule has 28 heavy (non-hydrogen) atoms. The zero-order valence-electron chi connectivity index (χ0n) is 15.4. The Morgan fingerprint density at radius 3 is 2.50 bits per heavy atom. The second-order valence-electron chi connectivity index (χ2n) is 8.14. The maximum absolute atomic E-state index is 13.7. The minimum absolute atomic E-state index is 0.0652. The molecule has 4 fully saturated rings. The van der Waals surface area contributed by atoms with Crippen LogP contribution in [0.2, 0.25) is 0 Å². The molecule has 6 heteroatoms. The smallest absolute Gasteiger partial charge is 0.254 e. The van der Waals surface area contributed by atoms with Crippen molar-refractivity contribution in [1.29, 1.82) is 0 Å². The fourth-order valence-corrected chi connectivity index (χ4v) is 5.50. The van der Waals surface area contributed by atoms with E-state index in [2.05, 4.69) is 4.90 Å². The van der Waals surface area contributed by atoms with Crippen molar-refractivity contribution in [3.8, 4) is 5.75 Å². The van der Waals surface area contributed by atoms with E-state index in [0.717, 1.165) is 43.6 Å².